The number of ether oxygens (including phenoxy) is 3. The van der Waals surface area contributed by atoms with Crippen LogP contribution in [0.1, 0.15) is 38.8 Å². The van der Waals surface area contributed by atoms with Crippen molar-refractivity contribution in [3.8, 4) is 11.5 Å². The Labute approximate surface area is 126 Å². The van der Waals surface area contributed by atoms with Crippen molar-refractivity contribution in [2.75, 3.05) is 19.8 Å². The van der Waals surface area contributed by atoms with Gasteiger partial charge in [0.25, 0.3) is 0 Å². The molecule has 1 aromatic carbocycles. The number of hydrazine groups is 1. The van der Waals surface area contributed by atoms with Gasteiger partial charge in [-0.3, -0.25) is 11.3 Å². The van der Waals surface area contributed by atoms with E-state index in [1.54, 1.807) is 0 Å². The molecule has 0 aliphatic carbocycles. The molecule has 5 nitrogen and oxygen atoms in total. The third kappa shape index (κ3) is 3.87. The minimum atomic E-state index is 0.0600. The zero-order valence-corrected chi connectivity index (χ0v) is 13.1. The van der Waals surface area contributed by atoms with E-state index in [0.29, 0.717) is 25.2 Å². The summed E-state index contributed by atoms with van der Waals surface area (Å²) in [4.78, 5) is 0. The van der Waals surface area contributed by atoms with Crippen molar-refractivity contribution in [2.45, 2.75) is 39.3 Å². The second-order valence-electron chi connectivity index (χ2n) is 5.36. The zero-order valence-electron chi connectivity index (χ0n) is 13.1. The van der Waals surface area contributed by atoms with Crippen molar-refractivity contribution >= 4 is 0 Å². The number of hydrogen-bond donors (Lipinski definition) is 2. The maximum absolute atomic E-state index is 5.77. The molecule has 1 fully saturated rings. The SMILES string of the molecule is CCOc1ccc(C(NN)C2COC(C)C2)cc1OCC. The van der Waals surface area contributed by atoms with Gasteiger partial charge >= 0.3 is 0 Å². The summed E-state index contributed by atoms with van der Waals surface area (Å²) in [7, 11) is 0. The van der Waals surface area contributed by atoms with Gasteiger partial charge in [0, 0.05) is 5.92 Å². The largest absolute Gasteiger partial charge is 0.490 e. The van der Waals surface area contributed by atoms with Crippen LogP contribution in [0.25, 0.3) is 0 Å². The summed E-state index contributed by atoms with van der Waals surface area (Å²) in [6.07, 6.45) is 1.30. The standard InChI is InChI=1S/C16H26N2O3/c1-4-19-14-7-6-12(9-15(14)20-5-2)16(18-17)13-8-11(3)21-10-13/h6-7,9,11,13,16,18H,4-5,8,10,17H2,1-3H3. The molecule has 0 aromatic heterocycles. The lowest BCUT2D eigenvalue weighted by molar-refractivity contribution is 0.117. The normalized spacial score (nSPS) is 23.0. The lowest BCUT2D eigenvalue weighted by Gasteiger charge is -2.23. The van der Waals surface area contributed by atoms with Crippen LogP contribution in [0.2, 0.25) is 0 Å². The van der Waals surface area contributed by atoms with Crippen molar-refractivity contribution in [3.05, 3.63) is 23.8 Å². The molecule has 1 saturated heterocycles. The van der Waals surface area contributed by atoms with E-state index in [9.17, 15) is 0 Å². The number of nitrogens with one attached hydrogen (secondary N) is 1. The first-order valence-electron chi connectivity index (χ1n) is 7.66. The minimum Gasteiger partial charge on any atom is -0.490 e. The molecule has 0 bridgehead atoms. The fourth-order valence-electron chi connectivity index (χ4n) is 2.85. The highest BCUT2D eigenvalue weighted by molar-refractivity contribution is 5.44. The molecule has 1 heterocycles. The topological polar surface area (TPSA) is 65.7 Å². The second kappa shape index (κ2) is 7.64. The molecule has 1 aromatic rings. The van der Waals surface area contributed by atoms with Crippen LogP contribution in [0, 0.1) is 5.92 Å². The summed E-state index contributed by atoms with van der Waals surface area (Å²) >= 11 is 0. The van der Waals surface area contributed by atoms with Gasteiger partial charge in [0.2, 0.25) is 0 Å². The van der Waals surface area contributed by atoms with Crippen molar-refractivity contribution in [1.29, 1.82) is 0 Å². The van der Waals surface area contributed by atoms with Crippen molar-refractivity contribution in [2.24, 2.45) is 11.8 Å². The highest BCUT2D eigenvalue weighted by Crippen LogP contribution is 2.36. The van der Waals surface area contributed by atoms with Gasteiger partial charge in [-0.15, -0.1) is 0 Å². The fourth-order valence-corrected chi connectivity index (χ4v) is 2.85. The zero-order chi connectivity index (χ0) is 15.2. The molecule has 5 heteroatoms. The van der Waals surface area contributed by atoms with E-state index in [-0.39, 0.29) is 6.04 Å². The molecule has 118 valence electrons. The lowest BCUT2D eigenvalue weighted by atomic mass is 9.91. The van der Waals surface area contributed by atoms with Crippen LogP contribution in [-0.2, 0) is 4.74 Å². The summed E-state index contributed by atoms with van der Waals surface area (Å²) in [5.41, 5.74) is 4.03. The fraction of sp³-hybridized carbons (Fsp3) is 0.625. The molecule has 3 N–H and O–H groups in total. The minimum absolute atomic E-state index is 0.0600. The third-order valence-corrected chi connectivity index (χ3v) is 3.81. The van der Waals surface area contributed by atoms with Gasteiger partial charge in [-0.2, -0.15) is 0 Å². The van der Waals surface area contributed by atoms with Crippen LogP contribution in [-0.4, -0.2) is 25.9 Å². The number of hydrogen-bond acceptors (Lipinski definition) is 5. The Balaban J connectivity index is 2.22. The Morgan fingerprint density at radius 2 is 2.00 bits per heavy atom. The van der Waals surface area contributed by atoms with Gasteiger partial charge in [-0.1, -0.05) is 6.07 Å². The van der Waals surface area contributed by atoms with Crippen molar-refractivity contribution in [3.63, 3.8) is 0 Å². The predicted molar refractivity (Wildman–Crippen MR) is 82.4 cm³/mol. The van der Waals surface area contributed by atoms with Crippen LogP contribution >= 0.6 is 0 Å². The van der Waals surface area contributed by atoms with Crippen LogP contribution in [0.3, 0.4) is 0 Å². The van der Waals surface area contributed by atoms with Crippen LogP contribution < -0.4 is 20.7 Å². The second-order valence-corrected chi connectivity index (χ2v) is 5.36. The van der Waals surface area contributed by atoms with Crippen LogP contribution in [0.5, 0.6) is 11.5 Å². The maximum Gasteiger partial charge on any atom is 0.161 e. The average molecular weight is 294 g/mol. The van der Waals surface area contributed by atoms with Gasteiger partial charge in [0.15, 0.2) is 11.5 Å². The van der Waals surface area contributed by atoms with E-state index in [2.05, 4.69) is 12.3 Å². The van der Waals surface area contributed by atoms with Crippen LogP contribution in [0.15, 0.2) is 18.2 Å². The van der Waals surface area contributed by atoms with E-state index in [0.717, 1.165) is 30.1 Å². The number of rotatable bonds is 7. The summed E-state index contributed by atoms with van der Waals surface area (Å²) in [6, 6.07) is 6.07. The average Bonchev–Trinajstić information content (AvgIpc) is 2.89. The molecule has 0 spiro atoms. The molecule has 0 radical (unpaired) electrons. The van der Waals surface area contributed by atoms with Crippen molar-refractivity contribution in [1.82, 2.24) is 5.43 Å². The first-order chi connectivity index (χ1) is 10.2. The first-order valence-corrected chi connectivity index (χ1v) is 7.66. The van der Waals surface area contributed by atoms with Gasteiger partial charge in [0.05, 0.1) is 32.0 Å². The van der Waals surface area contributed by atoms with E-state index in [4.69, 9.17) is 20.1 Å². The molecule has 1 aliphatic heterocycles. The summed E-state index contributed by atoms with van der Waals surface area (Å²) in [5, 5.41) is 0. The molecular weight excluding hydrogens is 268 g/mol. The molecule has 3 atom stereocenters. The van der Waals surface area contributed by atoms with E-state index < -0.39 is 0 Å². The quantitative estimate of drug-likeness (QED) is 0.597. The Morgan fingerprint density at radius 3 is 2.57 bits per heavy atom. The summed E-state index contributed by atoms with van der Waals surface area (Å²) < 4.78 is 16.9. The smallest absolute Gasteiger partial charge is 0.161 e. The lowest BCUT2D eigenvalue weighted by Crippen LogP contribution is -2.34. The summed E-state index contributed by atoms with van der Waals surface area (Å²) in [6.45, 7) is 7.98. The van der Waals surface area contributed by atoms with Gasteiger partial charge in [-0.05, 0) is 44.9 Å². The Bertz CT molecular complexity index is 453. The highest BCUT2D eigenvalue weighted by Gasteiger charge is 2.30. The molecule has 2 rings (SSSR count). The van der Waals surface area contributed by atoms with Gasteiger partial charge in [0.1, 0.15) is 0 Å². The molecule has 3 unspecified atom stereocenters. The monoisotopic (exact) mass is 294 g/mol. The van der Waals surface area contributed by atoms with Gasteiger partial charge < -0.3 is 14.2 Å². The van der Waals surface area contributed by atoms with Crippen molar-refractivity contribution < 1.29 is 14.2 Å². The highest BCUT2D eigenvalue weighted by atomic mass is 16.5. The molecule has 21 heavy (non-hydrogen) atoms. The predicted octanol–water partition coefficient (Wildman–Crippen LogP) is 2.41. The Hall–Kier alpha value is -1.30. The number of benzene rings is 1. The van der Waals surface area contributed by atoms with E-state index in [1.165, 1.54) is 0 Å². The number of nitrogens with two attached hydrogens (primary N) is 1. The first kappa shape index (κ1) is 16.1. The van der Waals surface area contributed by atoms with Gasteiger partial charge in [-0.25, -0.2) is 0 Å². The third-order valence-electron chi connectivity index (χ3n) is 3.81. The molecule has 1 aliphatic rings. The summed E-state index contributed by atoms with van der Waals surface area (Å²) in [5.74, 6) is 7.69. The van der Waals surface area contributed by atoms with Crippen LogP contribution in [0.4, 0.5) is 0 Å². The molecule has 0 saturated carbocycles. The maximum atomic E-state index is 5.77. The Kier molecular flexibility index (Phi) is 5.85. The molecule has 0 amide bonds. The Morgan fingerprint density at radius 1 is 1.29 bits per heavy atom. The van der Waals surface area contributed by atoms with E-state index in [1.807, 2.05) is 32.0 Å². The van der Waals surface area contributed by atoms with E-state index >= 15 is 0 Å². The molecular formula is C16H26N2O3.